The highest BCUT2D eigenvalue weighted by Crippen LogP contribution is 2.13. The van der Waals surface area contributed by atoms with E-state index in [9.17, 15) is 5.11 Å². The Morgan fingerprint density at radius 2 is 2.31 bits per heavy atom. The van der Waals surface area contributed by atoms with Gasteiger partial charge in [-0.25, -0.2) is 4.98 Å². The molecule has 0 aliphatic heterocycles. The number of fused-ring (bicyclic) bond motifs is 1. The lowest BCUT2D eigenvalue weighted by Gasteiger charge is -2.13. The molecule has 86 valence electrons. The van der Waals surface area contributed by atoms with Crippen LogP contribution in [0, 0.1) is 0 Å². The van der Waals surface area contributed by atoms with E-state index in [1.54, 1.807) is 12.3 Å². The number of aliphatic hydroxyl groups is 2. The molecule has 2 aromatic rings. The summed E-state index contributed by atoms with van der Waals surface area (Å²) in [6.45, 7) is 0. The van der Waals surface area contributed by atoms with Crippen LogP contribution >= 0.6 is 0 Å². The first-order chi connectivity index (χ1) is 7.65. The summed E-state index contributed by atoms with van der Waals surface area (Å²) in [6, 6.07) is 1.74. The van der Waals surface area contributed by atoms with Gasteiger partial charge in [0, 0.05) is 12.6 Å². The fourth-order valence-corrected chi connectivity index (χ4v) is 1.26. The molecule has 0 fully saturated rings. The first-order valence-electron chi connectivity index (χ1n) is 4.73. The number of aromatic nitrogens is 2. The molecule has 0 amide bonds. The molecule has 0 bridgehead atoms. The van der Waals surface area contributed by atoms with Crippen molar-refractivity contribution in [2.45, 2.75) is 18.9 Å². The van der Waals surface area contributed by atoms with Gasteiger partial charge in [-0.15, -0.1) is 0 Å². The fourth-order valence-electron chi connectivity index (χ4n) is 1.26. The van der Waals surface area contributed by atoms with E-state index in [-0.39, 0.29) is 12.4 Å². The van der Waals surface area contributed by atoms with Crippen LogP contribution in [-0.4, -0.2) is 32.6 Å². The molecule has 0 aliphatic rings. The molecule has 7 heteroatoms. The predicted molar refractivity (Wildman–Crippen MR) is 56.2 cm³/mol. The Kier molecular flexibility index (Phi) is 3.00. The van der Waals surface area contributed by atoms with Crippen molar-refractivity contribution >= 4 is 17.0 Å². The average Bonchev–Trinajstić information content (AvgIpc) is 2.63. The third-order valence-corrected chi connectivity index (χ3v) is 1.97. The molecule has 16 heavy (non-hydrogen) atoms. The van der Waals surface area contributed by atoms with Gasteiger partial charge in [0.05, 0.1) is 11.6 Å². The van der Waals surface area contributed by atoms with Crippen molar-refractivity contribution in [3.63, 3.8) is 0 Å². The number of nitrogens with two attached hydrogens (primary N) is 1. The molecule has 7 nitrogen and oxygen atoms in total. The van der Waals surface area contributed by atoms with E-state index < -0.39 is 12.5 Å². The normalized spacial score (nSPS) is 14.9. The lowest BCUT2D eigenvalue weighted by molar-refractivity contribution is 0.0988. The number of anilines is 1. The summed E-state index contributed by atoms with van der Waals surface area (Å²) >= 11 is 0. The molecule has 2 aromatic heterocycles. The van der Waals surface area contributed by atoms with Crippen LogP contribution < -0.4 is 11.1 Å². The largest absolute Gasteiger partial charge is 0.446 e. The molecule has 2 heterocycles. The van der Waals surface area contributed by atoms with E-state index in [1.807, 2.05) is 0 Å². The third kappa shape index (κ3) is 2.45. The standard InChI is InChI=1S/C9H12N4O3/c10-6(14)3-7(15)12-9-11-4-5-1-2-16-8(5)13-9/h1-2,4,6-7,14-15H,3,10H2,(H,11,12,13). The topological polar surface area (TPSA) is 117 Å². The number of nitrogens with zero attached hydrogens (tertiary/aromatic N) is 2. The van der Waals surface area contributed by atoms with Gasteiger partial charge in [-0.2, -0.15) is 4.98 Å². The number of hydrogen-bond acceptors (Lipinski definition) is 7. The first-order valence-corrected chi connectivity index (χ1v) is 4.73. The SMILES string of the molecule is NC(O)CC(O)Nc1ncc2ccoc2n1. The highest BCUT2D eigenvalue weighted by molar-refractivity contribution is 5.72. The zero-order valence-electron chi connectivity index (χ0n) is 8.37. The quantitative estimate of drug-likeness (QED) is 0.523. The Labute approximate surface area is 90.9 Å². The average molecular weight is 224 g/mol. The van der Waals surface area contributed by atoms with Gasteiger partial charge in [0.1, 0.15) is 12.5 Å². The smallest absolute Gasteiger partial charge is 0.230 e. The highest BCUT2D eigenvalue weighted by atomic mass is 16.3. The molecule has 2 rings (SSSR count). The van der Waals surface area contributed by atoms with Gasteiger partial charge < -0.3 is 25.7 Å². The molecule has 5 N–H and O–H groups in total. The van der Waals surface area contributed by atoms with Crippen molar-refractivity contribution in [3.05, 3.63) is 18.5 Å². The molecule has 2 unspecified atom stereocenters. The molecular weight excluding hydrogens is 212 g/mol. The molecular formula is C9H12N4O3. The van der Waals surface area contributed by atoms with Gasteiger partial charge in [-0.1, -0.05) is 0 Å². The number of rotatable bonds is 4. The van der Waals surface area contributed by atoms with Crippen LogP contribution in [0.25, 0.3) is 11.1 Å². The van der Waals surface area contributed by atoms with Gasteiger partial charge >= 0.3 is 0 Å². The highest BCUT2D eigenvalue weighted by Gasteiger charge is 2.10. The molecule has 0 saturated heterocycles. The maximum Gasteiger partial charge on any atom is 0.230 e. The number of hydrogen-bond donors (Lipinski definition) is 4. The molecule has 0 radical (unpaired) electrons. The Hall–Kier alpha value is -1.70. The predicted octanol–water partition coefficient (Wildman–Crippen LogP) is -0.380. The van der Waals surface area contributed by atoms with Crippen LogP contribution in [0.3, 0.4) is 0 Å². The second-order valence-corrected chi connectivity index (χ2v) is 3.34. The second-order valence-electron chi connectivity index (χ2n) is 3.34. The van der Waals surface area contributed by atoms with Crippen molar-refractivity contribution in [2.24, 2.45) is 5.73 Å². The monoisotopic (exact) mass is 224 g/mol. The summed E-state index contributed by atoms with van der Waals surface area (Å²) in [4.78, 5) is 7.97. The number of nitrogens with one attached hydrogen (secondary N) is 1. The summed E-state index contributed by atoms with van der Waals surface area (Å²) < 4.78 is 5.07. The lowest BCUT2D eigenvalue weighted by Crippen LogP contribution is -2.30. The number of furan rings is 1. The van der Waals surface area contributed by atoms with Crippen molar-refractivity contribution in [3.8, 4) is 0 Å². The van der Waals surface area contributed by atoms with Gasteiger partial charge in [0.2, 0.25) is 11.7 Å². The van der Waals surface area contributed by atoms with Gasteiger partial charge in [-0.05, 0) is 6.07 Å². The summed E-state index contributed by atoms with van der Waals surface area (Å²) in [5.74, 6) is 0.218. The van der Waals surface area contributed by atoms with Crippen LogP contribution in [0.1, 0.15) is 6.42 Å². The van der Waals surface area contributed by atoms with Crippen molar-refractivity contribution < 1.29 is 14.6 Å². The Morgan fingerprint density at radius 1 is 1.50 bits per heavy atom. The van der Waals surface area contributed by atoms with Crippen molar-refractivity contribution in [1.29, 1.82) is 0 Å². The summed E-state index contributed by atoms with van der Waals surface area (Å²) in [5.41, 5.74) is 5.55. The van der Waals surface area contributed by atoms with Crippen LogP contribution in [0.5, 0.6) is 0 Å². The zero-order valence-corrected chi connectivity index (χ0v) is 8.37. The summed E-state index contributed by atoms with van der Waals surface area (Å²) in [5, 5.41) is 21.7. The summed E-state index contributed by atoms with van der Waals surface area (Å²) in [6.07, 6.45) is 0.963. The summed E-state index contributed by atoms with van der Waals surface area (Å²) in [7, 11) is 0. The molecule has 0 aromatic carbocycles. The van der Waals surface area contributed by atoms with Crippen molar-refractivity contribution in [2.75, 3.05) is 5.32 Å². The minimum atomic E-state index is -1.09. The van der Waals surface area contributed by atoms with E-state index in [0.29, 0.717) is 5.71 Å². The molecule has 0 aliphatic carbocycles. The van der Waals surface area contributed by atoms with Crippen molar-refractivity contribution in [1.82, 2.24) is 9.97 Å². The van der Waals surface area contributed by atoms with E-state index in [4.69, 9.17) is 15.3 Å². The minimum absolute atomic E-state index is 0.0143. The Balaban J connectivity index is 2.08. The van der Waals surface area contributed by atoms with E-state index in [0.717, 1.165) is 5.39 Å². The van der Waals surface area contributed by atoms with E-state index in [1.165, 1.54) is 6.26 Å². The zero-order chi connectivity index (χ0) is 11.5. The van der Waals surface area contributed by atoms with Gasteiger partial charge in [0.15, 0.2) is 0 Å². The molecule has 0 spiro atoms. The molecule has 2 atom stereocenters. The van der Waals surface area contributed by atoms with Gasteiger partial charge in [0.25, 0.3) is 0 Å². The van der Waals surface area contributed by atoms with Crippen LogP contribution in [0.15, 0.2) is 22.9 Å². The minimum Gasteiger partial charge on any atom is -0.446 e. The van der Waals surface area contributed by atoms with Gasteiger partial charge in [-0.3, -0.25) is 0 Å². The number of aliphatic hydroxyl groups excluding tert-OH is 2. The second kappa shape index (κ2) is 4.44. The van der Waals surface area contributed by atoms with Crippen LogP contribution in [0.2, 0.25) is 0 Å². The Morgan fingerprint density at radius 3 is 3.06 bits per heavy atom. The fraction of sp³-hybridized carbons (Fsp3) is 0.333. The van der Waals surface area contributed by atoms with E-state index >= 15 is 0 Å². The first kappa shape index (κ1) is 10.8. The van der Waals surface area contributed by atoms with E-state index in [2.05, 4.69) is 15.3 Å². The molecule has 0 saturated carbocycles. The lowest BCUT2D eigenvalue weighted by atomic mass is 10.3. The van der Waals surface area contributed by atoms with Crippen LogP contribution in [-0.2, 0) is 0 Å². The maximum absolute atomic E-state index is 9.43. The third-order valence-electron chi connectivity index (χ3n) is 1.97. The van der Waals surface area contributed by atoms with Crippen LogP contribution in [0.4, 0.5) is 5.95 Å². The maximum atomic E-state index is 9.43. The Bertz CT molecular complexity index is 470.